The number of carbonyl (C=O) groups excluding carboxylic acids is 1. The van der Waals surface area contributed by atoms with Crippen molar-refractivity contribution in [2.75, 3.05) is 0 Å². The van der Waals surface area contributed by atoms with E-state index in [4.69, 9.17) is 0 Å². The normalized spacial score (nSPS) is 10.4. The minimum absolute atomic E-state index is 0.0944. The minimum Gasteiger partial charge on any atom is -0.294 e. The first-order valence-electron chi connectivity index (χ1n) is 5.25. The first kappa shape index (κ1) is 13.6. The smallest absolute Gasteiger partial charge is 0.270 e. The van der Waals surface area contributed by atoms with Gasteiger partial charge in [-0.25, -0.2) is 4.98 Å². The van der Waals surface area contributed by atoms with Crippen LogP contribution in [0.3, 0.4) is 0 Å². The Bertz CT molecular complexity index is 654. The van der Waals surface area contributed by atoms with Crippen LogP contribution in [0, 0.1) is 17.0 Å². The van der Waals surface area contributed by atoms with E-state index in [0.29, 0.717) is 20.6 Å². The van der Waals surface area contributed by atoms with Crippen LogP contribution in [0.25, 0.3) is 0 Å². The van der Waals surface area contributed by atoms with E-state index in [1.807, 2.05) is 0 Å². The van der Waals surface area contributed by atoms with Crippen LogP contribution in [0.15, 0.2) is 27.4 Å². The molecule has 0 amide bonds. The van der Waals surface area contributed by atoms with Gasteiger partial charge in [0.15, 0.2) is 10.1 Å². The van der Waals surface area contributed by atoms with E-state index >= 15 is 0 Å². The molecule has 0 unspecified atom stereocenters. The fourth-order valence-corrected chi connectivity index (χ4v) is 3.18. The molecule has 0 aliphatic heterocycles. The summed E-state index contributed by atoms with van der Waals surface area (Å²) < 4.78 is 4.75. The SMILES string of the molecule is CC(=O)c1cc([N+](=O)[O-])ccc1Sc1nc(C)ns1. The predicted molar refractivity (Wildman–Crippen MR) is 71.9 cm³/mol. The van der Waals surface area contributed by atoms with Gasteiger partial charge in [0.05, 0.1) is 4.92 Å². The highest BCUT2D eigenvalue weighted by Gasteiger charge is 2.16. The van der Waals surface area contributed by atoms with Crippen LogP contribution in [0.2, 0.25) is 0 Å². The van der Waals surface area contributed by atoms with E-state index in [2.05, 4.69) is 9.36 Å². The number of Topliss-reactive ketones (excluding diaryl/α,β-unsaturated/α-hetero) is 1. The quantitative estimate of drug-likeness (QED) is 0.489. The van der Waals surface area contributed by atoms with Gasteiger partial charge in [-0.1, -0.05) is 11.8 Å². The second-order valence-corrected chi connectivity index (χ2v) is 5.74. The Labute approximate surface area is 117 Å². The maximum absolute atomic E-state index is 11.6. The maximum atomic E-state index is 11.6. The largest absolute Gasteiger partial charge is 0.294 e. The van der Waals surface area contributed by atoms with Crippen molar-refractivity contribution >= 4 is 34.8 Å². The number of rotatable bonds is 4. The number of non-ortho nitro benzene ring substituents is 1. The Morgan fingerprint density at radius 1 is 1.47 bits per heavy atom. The number of ketones is 1. The van der Waals surface area contributed by atoms with Gasteiger partial charge in [-0.2, -0.15) is 4.37 Å². The molecule has 0 fully saturated rings. The van der Waals surface area contributed by atoms with Crippen molar-refractivity contribution in [1.29, 1.82) is 0 Å². The number of hydrogen-bond acceptors (Lipinski definition) is 7. The number of nitro benzene ring substituents is 1. The molecule has 0 spiro atoms. The number of nitro groups is 1. The van der Waals surface area contributed by atoms with Gasteiger partial charge < -0.3 is 0 Å². The van der Waals surface area contributed by atoms with Crippen LogP contribution in [-0.2, 0) is 0 Å². The molecule has 1 aromatic heterocycles. The summed E-state index contributed by atoms with van der Waals surface area (Å²) >= 11 is 2.52. The number of aromatic nitrogens is 2. The molecule has 0 aliphatic carbocycles. The highest BCUT2D eigenvalue weighted by atomic mass is 32.2. The molecule has 0 radical (unpaired) electrons. The van der Waals surface area contributed by atoms with Crippen LogP contribution in [-0.4, -0.2) is 20.1 Å². The van der Waals surface area contributed by atoms with Gasteiger partial charge in [0, 0.05) is 22.6 Å². The summed E-state index contributed by atoms with van der Waals surface area (Å²) in [6, 6.07) is 4.23. The molecule has 0 saturated heterocycles. The molecule has 0 aliphatic rings. The summed E-state index contributed by atoms with van der Waals surface area (Å²) in [5.41, 5.74) is 0.232. The van der Waals surface area contributed by atoms with E-state index in [1.54, 1.807) is 13.0 Å². The number of benzene rings is 1. The highest BCUT2D eigenvalue weighted by molar-refractivity contribution is 8.01. The lowest BCUT2D eigenvalue weighted by atomic mass is 10.1. The third-order valence-electron chi connectivity index (χ3n) is 2.26. The number of nitrogens with zero attached hydrogens (tertiary/aromatic N) is 3. The average Bonchev–Trinajstić information content (AvgIpc) is 2.74. The fourth-order valence-electron chi connectivity index (χ4n) is 1.41. The molecule has 8 heteroatoms. The lowest BCUT2D eigenvalue weighted by Gasteiger charge is -2.04. The molecule has 2 rings (SSSR count). The highest BCUT2D eigenvalue weighted by Crippen LogP contribution is 2.33. The van der Waals surface area contributed by atoms with Crippen molar-refractivity contribution in [3.05, 3.63) is 39.7 Å². The second kappa shape index (κ2) is 5.45. The maximum Gasteiger partial charge on any atom is 0.270 e. The third-order valence-corrected chi connectivity index (χ3v) is 4.18. The topological polar surface area (TPSA) is 86.0 Å². The molecular weight excluding hydrogens is 286 g/mol. The molecule has 6 nitrogen and oxygen atoms in total. The summed E-state index contributed by atoms with van der Waals surface area (Å²) in [7, 11) is 0. The van der Waals surface area contributed by atoms with Crippen molar-refractivity contribution in [3.8, 4) is 0 Å². The van der Waals surface area contributed by atoms with Gasteiger partial charge in [0.25, 0.3) is 5.69 Å². The van der Waals surface area contributed by atoms with Crippen molar-refractivity contribution in [2.45, 2.75) is 23.1 Å². The Balaban J connectivity index is 2.39. The molecule has 0 N–H and O–H groups in total. The van der Waals surface area contributed by atoms with E-state index < -0.39 is 4.92 Å². The first-order valence-corrected chi connectivity index (χ1v) is 6.84. The van der Waals surface area contributed by atoms with Gasteiger partial charge in [-0.3, -0.25) is 14.9 Å². The fraction of sp³-hybridized carbons (Fsp3) is 0.182. The zero-order valence-corrected chi connectivity index (χ0v) is 11.7. The van der Waals surface area contributed by atoms with Gasteiger partial charge in [-0.15, -0.1) is 0 Å². The Hall–Kier alpha value is -1.80. The molecule has 0 bridgehead atoms. The lowest BCUT2D eigenvalue weighted by molar-refractivity contribution is -0.384. The standard InChI is InChI=1S/C11H9N3O3S2/c1-6(15)9-5-8(14(16)17)3-4-10(9)18-11-12-7(2)13-19-11/h3-5H,1-2H3. The summed E-state index contributed by atoms with van der Waals surface area (Å²) in [5, 5.41) is 10.7. The van der Waals surface area contributed by atoms with Gasteiger partial charge >= 0.3 is 0 Å². The van der Waals surface area contributed by atoms with Gasteiger partial charge in [-0.05, 0) is 31.4 Å². The summed E-state index contributed by atoms with van der Waals surface area (Å²) in [5.74, 6) is 0.450. The molecule has 2 aromatic rings. The molecule has 19 heavy (non-hydrogen) atoms. The second-order valence-electron chi connectivity index (χ2n) is 3.70. The van der Waals surface area contributed by atoms with Gasteiger partial charge in [0.2, 0.25) is 0 Å². The van der Waals surface area contributed by atoms with E-state index in [1.165, 1.54) is 42.4 Å². The Morgan fingerprint density at radius 2 is 2.21 bits per heavy atom. The van der Waals surface area contributed by atoms with E-state index in [9.17, 15) is 14.9 Å². The summed E-state index contributed by atoms with van der Waals surface area (Å²) in [6.07, 6.45) is 0. The Morgan fingerprint density at radius 3 is 2.74 bits per heavy atom. The van der Waals surface area contributed by atoms with Crippen molar-refractivity contribution < 1.29 is 9.72 Å². The van der Waals surface area contributed by atoms with Crippen LogP contribution in [0.1, 0.15) is 23.1 Å². The minimum atomic E-state index is -0.518. The number of carbonyl (C=O) groups is 1. The van der Waals surface area contributed by atoms with Crippen LogP contribution in [0.4, 0.5) is 5.69 Å². The molecular formula is C11H9N3O3S2. The van der Waals surface area contributed by atoms with Crippen LogP contribution >= 0.6 is 23.3 Å². The zero-order valence-electron chi connectivity index (χ0n) is 10.1. The van der Waals surface area contributed by atoms with Crippen molar-refractivity contribution in [2.24, 2.45) is 0 Å². The van der Waals surface area contributed by atoms with Crippen molar-refractivity contribution in [1.82, 2.24) is 9.36 Å². The lowest BCUT2D eigenvalue weighted by Crippen LogP contribution is -1.97. The van der Waals surface area contributed by atoms with Crippen LogP contribution in [0.5, 0.6) is 0 Å². The monoisotopic (exact) mass is 295 g/mol. The average molecular weight is 295 g/mol. The molecule has 1 heterocycles. The van der Waals surface area contributed by atoms with Gasteiger partial charge in [0.1, 0.15) is 5.82 Å². The molecule has 0 atom stereocenters. The number of hydrogen-bond donors (Lipinski definition) is 0. The first-order chi connectivity index (χ1) is 8.97. The molecule has 1 aromatic carbocycles. The van der Waals surface area contributed by atoms with E-state index in [0.717, 1.165) is 0 Å². The Kier molecular flexibility index (Phi) is 3.91. The summed E-state index contributed by atoms with van der Waals surface area (Å²) in [4.78, 5) is 26.6. The van der Waals surface area contributed by atoms with Crippen LogP contribution < -0.4 is 0 Å². The van der Waals surface area contributed by atoms with E-state index in [-0.39, 0.29) is 11.5 Å². The predicted octanol–water partition coefficient (Wildman–Crippen LogP) is 3.11. The number of aryl methyl sites for hydroxylation is 1. The molecule has 98 valence electrons. The van der Waals surface area contributed by atoms with Crippen molar-refractivity contribution in [3.63, 3.8) is 0 Å². The summed E-state index contributed by atoms with van der Waals surface area (Å²) in [6.45, 7) is 3.16. The molecule has 0 saturated carbocycles. The zero-order chi connectivity index (χ0) is 14.0. The third kappa shape index (κ3) is 3.15.